The fourth-order valence-electron chi connectivity index (χ4n) is 2.40. The van der Waals surface area contributed by atoms with E-state index < -0.39 is 11.9 Å². The van der Waals surface area contributed by atoms with Gasteiger partial charge in [0.15, 0.2) is 5.79 Å². The molecule has 0 amide bonds. The Bertz CT molecular complexity index is 373. The molecule has 2 fully saturated rings. The van der Waals surface area contributed by atoms with Gasteiger partial charge in [-0.2, -0.15) is 0 Å². The van der Waals surface area contributed by atoms with Crippen LogP contribution in [0.1, 0.15) is 13.8 Å². The SMILES string of the molecule is CC1(C)OCC2=C(C=O)[C@H](O)[C@H]3O[C@H]3[C@@H]2O1. The number of hydrogen-bond donors (Lipinski definition) is 1. The van der Waals surface area contributed by atoms with Gasteiger partial charge < -0.3 is 19.3 Å². The van der Waals surface area contributed by atoms with E-state index in [-0.39, 0.29) is 18.3 Å². The van der Waals surface area contributed by atoms with Gasteiger partial charge in [-0.25, -0.2) is 0 Å². The van der Waals surface area contributed by atoms with Gasteiger partial charge >= 0.3 is 0 Å². The molecule has 2 saturated heterocycles. The number of carbonyl (C=O) groups excluding carboxylic acids is 1. The first-order valence-electron chi connectivity index (χ1n) is 5.37. The van der Waals surface area contributed by atoms with Crippen molar-refractivity contribution in [2.45, 2.75) is 44.1 Å². The Hall–Kier alpha value is -0.750. The summed E-state index contributed by atoms with van der Waals surface area (Å²) in [6.45, 7) is 3.97. The summed E-state index contributed by atoms with van der Waals surface area (Å²) in [5.74, 6) is -0.666. The maximum Gasteiger partial charge on any atom is 0.164 e. The topological polar surface area (TPSA) is 68.3 Å². The molecule has 88 valence electrons. The zero-order valence-electron chi connectivity index (χ0n) is 9.17. The molecule has 5 heteroatoms. The molecule has 4 atom stereocenters. The summed E-state index contributed by atoms with van der Waals surface area (Å²) in [5, 5.41) is 9.82. The monoisotopic (exact) mass is 226 g/mol. The molecule has 3 aliphatic rings. The van der Waals surface area contributed by atoms with E-state index in [0.29, 0.717) is 18.5 Å². The number of aliphatic hydroxyl groups excluding tert-OH is 1. The van der Waals surface area contributed by atoms with Crippen molar-refractivity contribution in [2.24, 2.45) is 0 Å². The number of hydrogen-bond acceptors (Lipinski definition) is 5. The Labute approximate surface area is 93.0 Å². The highest BCUT2D eigenvalue weighted by molar-refractivity contribution is 5.78. The largest absolute Gasteiger partial charge is 0.385 e. The fraction of sp³-hybridized carbons (Fsp3) is 0.727. The first-order valence-corrected chi connectivity index (χ1v) is 5.37. The van der Waals surface area contributed by atoms with Crippen LogP contribution in [0, 0.1) is 0 Å². The van der Waals surface area contributed by atoms with E-state index in [1.165, 1.54) is 0 Å². The first-order chi connectivity index (χ1) is 7.53. The standard InChI is InChI=1S/C11H14O5/c1-11(2)14-4-6-5(3-12)7(13)9-10(15-9)8(6)16-11/h3,7-10,13H,4H2,1-2H3/t7-,8+,9+,10-/m0/s1. The zero-order chi connectivity index (χ0) is 11.5. The molecule has 0 aromatic carbocycles. The minimum absolute atomic E-state index is 0.128. The average molecular weight is 226 g/mol. The van der Waals surface area contributed by atoms with Crippen LogP contribution < -0.4 is 0 Å². The van der Waals surface area contributed by atoms with Gasteiger partial charge in [0.25, 0.3) is 0 Å². The highest BCUT2D eigenvalue weighted by Gasteiger charge is 2.58. The van der Waals surface area contributed by atoms with Gasteiger partial charge in [-0.15, -0.1) is 0 Å². The van der Waals surface area contributed by atoms with E-state index in [1.54, 1.807) is 0 Å². The molecule has 0 spiro atoms. The number of ether oxygens (including phenoxy) is 3. The summed E-state index contributed by atoms with van der Waals surface area (Å²) in [6, 6.07) is 0. The van der Waals surface area contributed by atoms with Crippen molar-refractivity contribution in [3.8, 4) is 0 Å². The van der Waals surface area contributed by atoms with Crippen LogP contribution in [0.4, 0.5) is 0 Å². The van der Waals surface area contributed by atoms with E-state index >= 15 is 0 Å². The van der Waals surface area contributed by atoms with Crippen LogP contribution in [-0.2, 0) is 19.0 Å². The molecule has 16 heavy (non-hydrogen) atoms. The molecule has 0 bridgehead atoms. The summed E-state index contributed by atoms with van der Waals surface area (Å²) in [4.78, 5) is 11.0. The van der Waals surface area contributed by atoms with E-state index in [4.69, 9.17) is 14.2 Å². The van der Waals surface area contributed by atoms with Crippen LogP contribution in [0.2, 0.25) is 0 Å². The van der Waals surface area contributed by atoms with E-state index in [1.807, 2.05) is 13.8 Å². The molecule has 0 aromatic heterocycles. The smallest absolute Gasteiger partial charge is 0.164 e. The molecular formula is C11H14O5. The molecule has 0 unspecified atom stereocenters. The number of aldehydes is 1. The molecule has 2 heterocycles. The molecule has 1 N–H and O–H groups in total. The molecule has 3 rings (SSSR count). The number of aliphatic hydroxyl groups is 1. The quantitative estimate of drug-likeness (QED) is 0.494. The van der Waals surface area contributed by atoms with Gasteiger partial charge in [0.1, 0.15) is 30.7 Å². The first kappa shape index (κ1) is 10.4. The van der Waals surface area contributed by atoms with Gasteiger partial charge in [0, 0.05) is 5.57 Å². The molecule has 2 aliphatic heterocycles. The van der Waals surface area contributed by atoms with Crippen molar-refractivity contribution >= 4 is 6.29 Å². The summed E-state index contributed by atoms with van der Waals surface area (Å²) in [7, 11) is 0. The van der Waals surface area contributed by atoms with E-state index in [2.05, 4.69) is 0 Å². The van der Waals surface area contributed by atoms with Crippen molar-refractivity contribution < 1.29 is 24.1 Å². The van der Waals surface area contributed by atoms with Crippen LogP contribution in [0.15, 0.2) is 11.1 Å². The normalized spacial score (nSPS) is 44.7. The summed E-state index contributed by atoms with van der Waals surface area (Å²) < 4.78 is 16.6. The molecular weight excluding hydrogens is 212 g/mol. The predicted octanol–water partition coefficient (Wildman–Crippen LogP) is -0.225. The number of fused-ring (bicyclic) bond motifs is 3. The van der Waals surface area contributed by atoms with Gasteiger partial charge in [-0.1, -0.05) is 0 Å². The summed E-state index contributed by atoms with van der Waals surface area (Å²) >= 11 is 0. The molecule has 0 saturated carbocycles. The predicted molar refractivity (Wildman–Crippen MR) is 52.7 cm³/mol. The second-order valence-corrected chi connectivity index (χ2v) is 4.84. The minimum atomic E-state index is -0.831. The maximum absolute atomic E-state index is 11.0. The van der Waals surface area contributed by atoms with Gasteiger partial charge in [0.05, 0.1) is 6.61 Å². The van der Waals surface area contributed by atoms with Crippen molar-refractivity contribution in [2.75, 3.05) is 6.61 Å². The van der Waals surface area contributed by atoms with Crippen molar-refractivity contribution in [1.29, 1.82) is 0 Å². The molecule has 5 nitrogen and oxygen atoms in total. The lowest BCUT2D eigenvalue weighted by molar-refractivity contribution is -0.255. The number of rotatable bonds is 1. The van der Waals surface area contributed by atoms with Gasteiger partial charge in [0.2, 0.25) is 0 Å². The van der Waals surface area contributed by atoms with Crippen LogP contribution >= 0.6 is 0 Å². The summed E-state index contributed by atoms with van der Waals surface area (Å²) in [6.07, 6.45) is -0.824. The Balaban J connectivity index is 1.98. The lowest BCUT2D eigenvalue weighted by Crippen LogP contribution is -2.48. The Morgan fingerprint density at radius 1 is 1.44 bits per heavy atom. The Morgan fingerprint density at radius 3 is 2.88 bits per heavy atom. The van der Waals surface area contributed by atoms with Crippen LogP contribution in [0.25, 0.3) is 0 Å². The third-order valence-corrected chi connectivity index (χ3v) is 3.32. The highest BCUT2D eigenvalue weighted by Crippen LogP contribution is 2.44. The number of epoxide rings is 1. The van der Waals surface area contributed by atoms with Crippen molar-refractivity contribution in [1.82, 2.24) is 0 Å². The number of carbonyl (C=O) groups is 1. The fourth-order valence-corrected chi connectivity index (χ4v) is 2.40. The van der Waals surface area contributed by atoms with E-state index in [0.717, 1.165) is 5.57 Å². The highest BCUT2D eigenvalue weighted by atomic mass is 16.7. The van der Waals surface area contributed by atoms with Crippen molar-refractivity contribution in [3.05, 3.63) is 11.1 Å². The van der Waals surface area contributed by atoms with Crippen LogP contribution in [0.3, 0.4) is 0 Å². The lowest BCUT2D eigenvalue weighted by atomic mass is 9.87. The van der Waals surface area contributed by atoms with Crippen LogP contribution in [0.5, 0.6) is 0 Å². The molecule has 0 radical (unpaired) electrons. The minimum Gasteiger partial charge on any atom is -0.385 e. The third-order valence-electron chi connectivity index (χ3n) is 3.32. The third kappa shape index (κ3) is 1.36. The van der Waals surface area contributed by atoms with Crippen molar-refractivity contribution in [3.63, 3.8) is 0 Å². The molecule has 0 aromatic rings. The Kier molecular flexibility index (Phi) is 2.04. The lowest BCUT2D eigenvalue weighted by Gasteiger charge is -2.39. The van der Waals surface area contributed by atoms with Gasteiger partial charge in [-0.3, -0.25) is 4.79 Å². The average Bonchev–Trinajstić information content (AvgIpc) is 2.99. The van der Waals surface area contributed by atoms with E-state index in [9.17, 15) is 9.90 Å². The second-order valence-electron chi connectivity index (χ2n) is 4.84. The molecule has 1 aliphatic carbocycles. The van der Waals surface area contributed by atoms with Gasteiger partial charge in [-0.05, 0) is 19.4 Å². The Morgan fingerprint density at radius 2 is 2.19 bits per heavy atom. The summed E-state index contributed by atoms with van der Waals surface area (Å²) in [5.41, 5.74) is 1.08. The van der Waals surface area contributed by atoms with Crippen LogP contribution in [-0.4, -0.2) is 48.2 Å². The zero-order valence-corrected chi connectivity index (χ0v) is 9.17. The maximum atomic E-state index is 11.0. The second kappa shape index (κ2) is 3.13.